The molecule has 0 unspecified atom stereocenters. The van der Waals surface area contributed by atoms with Gasteiger partial charge in [0.25, 0.3) is 41.1 Å². The molecule has 27 heteroatoms. The van der Waals surface area contributed by atoms with Gasteiger partial charge >= 0.3 is 0 Å². The summed E-state index contributed by atoms with van der Waals surface area (Å²) in [4.78, 5) is 52.0. The predicted octanol–water partition coefficient (Wildman–Crippen LogP) is 5.51. The Bertz CT molecular complexity index is 974. The topological polar surface area (TPSA) is 164 Å². The summed E-state index contributed by atoms with van der Waals surface area (Å²) < 4.78 is 60.4. The predicted molar refractivity (Wildman–Crippen MR) is 255 cm³/mol. The van der Waals surface area contributed by atoms with E-state index < -0.39 is 141 Å². The molecule has 0 aliphatic carbocycles. The zero-order chi connectivity index (χ0) is 44.2. The van der Waals surface area contributed by atoms with Gasteiger partial charge < -0.3 is 58.7 Å². The minimum atomic E-state index is -4.47. The lowest BCUT2D eigenvalue weighted by molar-refractivity contribution is 0.0437. The molecule has 0 atom stereocenters. The second-order valence-electron chi connectivity index (χ2n) is 21.6. The van der Waals surface area contributed by atoms with Crippen LogP contribution in [0.3, 0.4) is 0 Å². The van der Waals surface area contributed by atoms with E-state index in [-0.39, 0.29) is 0 Å². The van der Waals surface area contributed by atoms with Crippen molar-refractivity contribution in [3.05, 3.63) is 0 Å². The van der Waals surface area contributed by atoms with E-state index in [0.717, 1.165) is 0 Å². The van der Waals surface area contributed by atoms with Crippen molar-refractivity contribution in [2.75, 3.05) is 0 Å². The Morgan fingerprint density at radius 3 is 0.636 bits per heavy atom. The highest BCUT2D eigenvalue weighted by Gasteiger charge is 2.70. The van der Waals surface area contributed by atoms with E-state index in [9.17, 15) is 19.2 Å². The van der Waals surface area contributed by atoms with E-state index in [1.165, 1.54) is 0 Å². The molecule has 0 aliphatic rings. The maximum absolute atomic E-state index is 13.3. The highest BCUT2D eigenvalue weighted by atomic mass is 29.9. The largest absolute Gasteiger partial charge is 0.457 e. The molecule has 0 amide bonds. The first-order valence-corrected chi connectivity index (χ1v) is 59.2. The van der Waals surface area contributed by atoms with E-state index in [1.807, 2.05) is 157 Å². The van der Waals surface area contributed by atoms with Gasteiger partial charge in [0.2, 0.25) is 9.28 Å². The van der Waals surface area contributed by atoms with Crippen LogP contribution in [-0.2, 0) is 39.5 Å². The van der Waals surface area contributed by atoms with Crippen molar-refractivity contribution in [3.63, 3.8) is 0 Å². The molecule has 0 saturated carbocycles. The highest BCUT2D eigenvalue weighted by molar-refractivity contribution is 7.76. The summed E-state index contributed by atoms with van der Waals surface area (Å²) in [5.41, 5.74) is 0. The summed E-state index contributed by atoms with van der Waals surface area (Å²) in [5.74, 6) is -4.38. The molecule has 0 fully saturated rings. The quantitative estimate of drug-likeness (QED) is 0.0635. The summed E-state index contributed by atoms with van der Waals surface area (Å²) in [5, 5.41) is 0. The lowest BCUT2D eigenvalue weighted by Gasteiger charge is -2.48. The molecule has 0 bridgehead atoms. The third-order valence-electron chi connectivity index (χ3n) is 5.97. The van der Waals surface area contributed by atoms with Gasteiger partial charge in [-0.15, -0.1) is 0 Å². The van der Waals surface area contributed by atoms with Crippen molar-refractivity contribution in [1.82, 2.24) is 0 Å². The van der Waals surface area contributed by atoms with Crippen LogP contribution in [0.15, 0.2) is 0 Å². The molecule has 0 aromatic carbocycles. The first kappa shape index (κ1) is 57.5. The Labute approximate surface area is 354 Å². The first-order chi connectivity index (χ1) is 23.9. The number of hydrogen-bond acceptors (Lipinski definition) is 13. The fourth-order valence-electron chi connectivity index (χ4n) is 4.34. The second-order valence-corrected chi connectivity index (χ2v) is 82.2. The lowest BCUT2D eigenvalue weighted by atomic mass is 11.5. The zero-order valence-electron chi connectivity index (χ0n) is 38.8. The van der Waals surface area contributed by atoms with Gasteiger partial charge in [-0.3, -0.25) is 0 Å². The molecule has 0 heterocycles. The maximum Gasteiger partial charge on any atom is 0.286 e. The van der Waals surface area contributed by atoms with Gasteiger partial charge in [-0.05, 0) is 157 Å². The molecule has 0 aromatic heterocycles. The van der Waals surface area contributed by atoms with Crippen molar-refractivity contribution < 1.29 is 58.7 Å². The summed E-state index contributed by atoms with van der Waals surface area (Å²) >= 11 is 0. The molecular weight excluding hydrogens is 937 g/mol. The van der Waals surface area contributed by atoms with Crippen LogP contribution in [0.5, 0.6) is 0 Å². The van der Waals surface area contributed by atoms with E-state index in [2.05, 4.69) is 0 Å². The standard InChI is InChI=1S/C28H80O13Si14/c1-47(2,3)33-25(34-48(4,5)6)43(29)42-41-55(44(30)26(35-49(7,8)9)36-50(10,11)12,45(31)27(37-51(13,14)15)38-52(16,17)18)46(32)28(39-53(19,20)21)40-54(22,23)24/h25-32H,1-24H3. The van der Waals surface area contributed by atoms with E-state index >= 15 is 0 Å². The third-order valence-corrected chi connectivity index (χ3v) is 49.4. The number of hydrogen-bond donors (Lipinski definition) is 4. The fraction of sp³-hybridized carbons (Fsp3) is 1.00. The molecule has 0 spiro atoms. The Morgan fingerprint density at radius 1 is 0.309 bits per heavy atom. The minimum absolute atomic E-state index is 0.661. The summed E-state index contributed by atoms with van der Waals surface area (Å²) in [7, 11) is -31.9. The van der Waals surface area contributed by atoms with Crippen LogP contribution in [0.25, 0.3) is 0 Å². The van der Waals surface area contributed by atoms with Crippen LogP contribution < -0.4 is 0 Å². The van der Waals surface area contributed by atoms with E-state index in [0.29, 0.717) is 0 Å². The fourth-order valence-corrected chi connectivity index (χ4v) is 59.1. The summed E-state index contributed by atoms with van der Waals surface area (Å²) in [6.45, 7) is 44.0. The van der Waals surface area contributed by atoms with Gasteiger partial charge in [0.05, 0.1) is 0 Å². The molecule has 6 radical (unpaired) electrons. The Hall–Kier alpha value is 2.52. The molecule has 326 valence electrons. The summed E-state index contributed by atoms with van der Waals surface area (Å²) in [6, 6.07) is 0. The SMILES string of the molecule is C[Si](C)(C)OC(O[Si](C)(C)C)[Si](O)[Si]O[Si]([Si](O)C(O[Si](C)(C)C)O[Si](C)(C)C)([Si](O)C(O[Si](C)(C)C)O[Si](C)(C)C)[Si](O)C(O[Si](C)(C)C)O[Si](C)(C)C. The van der Waals surface area contributed by atoms with Crippen molar-refractivity contribution in [1.29, 1.82) is 0 Å². The Balaban J connectivity index is 8.45. The van der Waals surface area contributed by atoms with E-state index in [4.69, 9.17) is 39.5 Å². The van der Waals surface area contributed by atoms with Crippen molar-refractivity contribution >= 4 is 117 Å². The van der Waals surface area contributed by atoms with Crippen LogP contribution in [0.1, 0.15) is 0 Å². The van der Waals surface area contributed by atoms with Crippen molar-refractivity contribution in [2.45, 2.75) is 181 Å². The number of rotatable bonds is 26. The zero-order valence-corrected chi connectivity index (χ0v) is 52.8. The van der Waals surface area contributed by atoms with Crippen LogP contribution in [0, 0.1) is 0 Å². The van der Waals surface area contributed by atoms with Gasteiger partial charge in [-0.1, -0.05) is 0 Å². The third kappa shape index (κ3) is 24.7. The van der Waals surface area contributed by atoms with Gasteiger partial charge in [0.15, 0.2) is 66.5 Å². The van der Waals surface area contributed by atoms with Gasteiger partial charge in [-0.25, -0.2) is 0 Å². The van der Waals surface area contributed by atoms with Crippen LogP contribution >= 0.6 is 0 Å². The molecule has 4 N–H and O–H groups in total. The molecule has 0 aromatic rings. The monoisotopic (exact) mass is 1020 g/mol. The second kappa shape index (κ2) is 21.3. The van der Waals surface area contributed by atoms with Crippen LogP contribution in [0.4, 0.5) is 0 Å². The molecule has 0 aliphatic heterocycles. The molecular formula is C28H80O13Si14. The average molecular weight is 1020 g/mol. The molecule has 55 heavy (non-hydrogen) atoms. The van der Waals surface area contributed by atoms with Crippen molar-refractivity contribution in [3.8, 4) is 0 Å². The first-order valence-electron chi connectivity index (χ1n) is 19.0. The molecule has 0 saturated heterocycles. The van der Waals surface area contributed by atoms with Crippen LogP contribution in [-0.4, -0.2) is 160 Å². The summed E-state index contributed by atoms with van der Waals surface area (Å²) in [6.07, 6.45) is 0. The van der Waals surface area contributed by atoms with Gasteiger partial charge in [0.1, 0.15) is 23.7 Å². The van der Waals surface area contributed by atoms with Gasteiger partial charge in [0, 0.05) is 0 Å². The Kier molecular flexibility index (Phi) is 22.2. The Morgan fingerprint density at radius 2 is 0.473 bits per heavy atom. The van der Waals surface area contributed by atoms with Gasteiger partial charge in [-0.2, -0.15) is 0 Å². The molecule has 13 nitrogen and oxygen atoms in total. The van der Waals surface area contributed by atoms with E-state index in [1.54, 1.807) is 0 Å². The van der Waals surface area contributed by atoms with Crippen LogP contribution in [0.2, 0.25) is 157 Å². The smallest absolute Gasteiger partial charge is 0.286 e. The molecule has 0 rings (SSSR count). The average Bonchev–Trinajstić information content (AvgIpc) is 2.84. The lowest BCUT2D eigenvalue weighted by Crippen LogP contribution is -2.85. The minimum Gasteiger partial charge on any atom is -0.457 e. The van der Waals surface area contributed by atoms with Crippen molar-refractivity contribution in [2.24, 2.45) is 0 Å². The normalized spacial score (nSPS) is 15.5. The highest BCUT2D eigenvalue weighted by Crippen LogP contribution is 2.31. The maximum atomic E-state index is 13.3.